The van der Waals surface area contributed by atoms with Crippen molar-refractivity contribution in [1.29, 1.82) is 0 Å². The zero-order valence-corrected chi connectivity index (χ0v) is 9.76. The molecule has 0 radical (unpaired) electrons. The molecular weight excluding hydrogens is 218 g/mol. The monoisotopic (exact) mass is 233 g/mol. The highest BCUT2D eigenvalue weighted by Gasteiger charge is 2.20. The Morgan fingerprint density at radius 2 is 2.35 bits per heavy atom. The van der Waals surface area contributed by atoms with Gasteiger partial charge in [0.15, 0.2) is 0 Å². The normalized spacial score (nSPS) is 15.4. The van der Waals surface area contributed by atoms with E-state index in [4.69, 9.17) is 0 Å². The van der Waals surface area contributed by atoms with Gasteiger partial charge in [-0.05, 0) is 19.8 Å². The van der Waals surface area contributed by atoms with Crippen LogP contribution in [-0.4, -0.2) is 25.9 Å². The zero-order chi connectivity index (χ0) is 11.7. The number of hydrogen-bond donors (Lipinski definition) is 1. The summed E-state index contributed by atoms with van der Waals surface area (Å²) >= 11 is 0. The van der Waals surface area contributed by atoms with Crippen molar-refractivity contribution in [3.63, 3.8) is 0 Å². The Bertz CT molecular complexity index is 499. The van der Waals surface area contributed by atoms with Crippen molar-refractivity contribution in [3.8, 4) is 0 Å². The molecule has 0 unspecified atom stereocenters. The van der Waals surface area contributed by atoms with E-state index in [0.717, 1.165) is 23.6 Å². The molecule has 90 valence electrons. The first-order valence-electron chi connectivity index (χ1n) is 5.83. The third-order valence-electron chi connectivity index (χ3n) is 2.91. The maximum Gasteiger partial charge on any atom is 0.127 e. The molecule has 1 fully saturated rings. The molecule has 3 rings (SSSR count). The largest absolute Gasteiger partial charge is 0.331 e. The van der Waals surface area contributed by atoms with E-state index in [1.807, 2.05) is 24.0 Å². The predicted octanol–water partition coefficient (Wildman–Crippen LogP) is 0.875. The van der Waals surface area contributed by atoms with Crippen molar-refractivity contribution in [2.24, 2.45) is 0 Å². The highest BCUT2D eigenvalue weighted by atomic mass is 16.6. The number of aromatic nitrogens is 4. The highest BCUT2D eigenvalue weighted by Crippen LogP contribution is 2.19. The van der Waals surface area contributed by atoms with Gasteiger partial charge in [0.25, 0.3) is 0 Å². The molecule has 0 spiro atoms. The average Bonchev–Trinajstić information content (AvgIpc) is 2.92. The minimum Gasteiger partial charge on any atom is -0.331 e. The predicted molar refractivity (Wildman–Crippen MR) is 60.2 cm³/mol. The van der Waals surface area contributed by atoms with Crippen LogP contribution in [0.15, 0.2) is 17.2 Å². The van der Waals surface area contributed by atoms with Crippen LogP contribution in [0, 0.1) is 6.92 Å². The Labute approximate surface area is 99.0 Å². The summed E-state index contributed by atoms with van der Waals surface area (Å²) in [6.07, 6.45) is 6.44. The minimum absolute atomic E-state index is 0.658. The second-order valence-corrected chi connectivity index (χ2v) is 4.49. The van der Waals surface area contributed by atoms with E-state index in [9.17, 15) is 0 Å². The van der Waals surface area contributed by atoms with E-state index >= 15 is 0 Å². The summed E-state index contributed by atoms with van der Waals surface area (Å²) in [5.74, 6) is 0. The van der Waals surface area contributed by atoms with Gasteiger partial charge in [0, 0.05) is 18.8 Å². The molecule has 1 aliphatic carbocycles. The van der Waals surface area contributed by atoms with Gasteiger partial charge in [-0.15, -0.1) is 0 Å². The van der Waals surface area contributed by atoms with Gasteiger partial charge in [-0.1, -0.05) is 10.3 Å². The number of rotatable bonds is 5. The second kappa shape index (κ2) is 4.29. The van der Waals surface area contributed by atoms with Crippen LogP contribution in [0.3, 0.4) is 0 Å². The smallest absolute Gasteiger partial charge is 0.127 e. The fourth-order valence-corrected chi connectivity index (χ4v) is 1.69. The Kier molecular flexibility index (Phi) is 2.64. The van der Waals surface area contributed by atoms with E-state index in [1.165, 1.54) is 12.8 Å². The molecule has 0 bridgehead atoms. The first kappa shape index (κ1) is 10.5. The van der Waals surface area contributed by atoms with Gasteiger partial charge in [0.05, 0.1) is 18.6 Å². The molecule has 0 saturated heterocycles. The first-order valence-corrected chi connectivity index (χ1v) is 5.83. The quantitative estimate of drug-likeness (QED) is 0.830. The molecule has 6 nitrogen and oxygen atoms in total. The van der Waals surface area contributed by atoms with Crippen molar-refractivity contribution in [2.45, 2.75) is 38.9 Å². The summed E-state index contributed by atoms with van der Waals surface area (Å²) in [6, 6.07) is 0.710. The lowest BCUT2D eigenvalue weighted by atomic mass is 10.3. The molecule has 2 aromatic rings. The molecule has 1 saturated carbocycles. The van der Waals surface area contributed by atoms with Crippen LogP contribution in [-0.2, 0) is 13.1 Å². The zero-order valence-electron chi connectivity index (χ0n) is 9.76. The number of hydrogen-bond acceptors (Lipinski definition) is 5. The molecule has 0 amide bonds. The molecule has 0 atom stereocenters. The maximum absolute atomic E-state index is 4.67. The van der Waals surface area contributed by atoms with Crippen LogP contribution < -0.4 is 5.32 Å². The minimum atomic E-state index is 0.658. The molecule has 2 aromatic heterocycles. The van der Waals surface area contributed by atoms with Gasteiger partial charge < -0.3 is 9.88 Å². The van der Waals surface area contributed by atoms with Gasteiger partial charge in [0.1, 0.15) is 11.4 Å². The van der Waals surface area contributed by atoms with Crippen molar-refractivity contribution in [3.05, 3.63) is 29.6 Å². The molecule has 17 heavy (non-hydrogen) atoms. The Morgan fingerprint density at radius 1 is 1.47 bits per heavy atom. The molecule has 0 aliphatic heterocycles. The van der Waals surface area contributed by atoms with Crippen molar-refractivity contribution in [2.75, 3.05) is 0 Å². The van der Waals surface area contributed by atoms with Crippen LogP contribution in [0.5, 0.6) is 0 Å². The fourth-order valence-electron chi connectivity index (χ4n) is 1.69. The topological polar surface area (TPSA) is 68.8 Å². The van der Waals surface area contributed by atoms with Crippen LogP contribution in [0.4, 0.5) is 0 Å². The van der Waals surface area contributed by atoms with Crippen LogP contribution in [0.2, 0.25) is 0 Å². The Hall–Kier alpha value is -1.69. The van der Waals surface area contributed by atoms with E-state index in [1.54, 1.807) is 0 Å². The third-order valence-corrected chi connectivity index (χ3v) is 2.91. The number of aryl methyl sites for hydroxylation is 1. The van der Waals surface area contributed by atoms with Gasteiger partial charge in [-0.3, -0.25) is 0 Å². The fraction of sp³-hybridized carbons (Fsp3) is 0.545. The van der Waals surface area contributed by atoms with Crippen LogP contribution >= 0.6 is 0 Å². The van der Waals surface area contributed by atoms with Gasteiger partial charge in [-0.25, -0.2) is 9.61 Å². The van der Waals surface area contributed by atoms with E-state index in [-0.39, 0.29) is 0 Å². The van der Waals surface area contributed by atoms with Crippen molar-refractivity contribution in [1.82, 2.24) is 25.2 Å². The van der Waals surface area contributed by atoms with E-state index in [2.05, 4.69) is 25.2 Å². The maximum atomic E-state index is 4.67. The molecule has 2 heterocycles. The number of nitrogens with zero attached hydrogens (tertiary/aromatic N) is 4. The lowest BCUT2D eigenvalue weighted by molar-refractivity contribution is 0.300. The summed E-state index contributed by atoms with van der Waals surface area (Å²) in [5, 5.41) is 11.0. The summed E-state index contributed by atoms with van der Waals surface area (Å²) in [6.45, 7) is 3.39. The first-order chi connectivity index (χ1) is 8.31. The molecule has 1 aliphatic rings. The average molecular weight is 233 g/mol. The number of nitrogens with one attached hydrogen (secondary N) is 1. The second-order valence-electron chi connectivity index (χ2n) is 4.49. The van der Waals surface area contributed by atoms with Crippen molar-refractivity contribution >= 4 is 0 Å². The molecular formula is C11H15N5O. The van der Waals surface area contributed by atoms with Gasteiger partial charge >= 0.3 is 0 Å². The number of imidazole rings is 1. The summed E-state index contributed by atoms with van der Waals surface area (Å²) in [7, 11) is 0. The SMILES string of the molecule is Cc1nonc1Cn1cnc(CNC2CC2)c1. The van der Waals surface area contributed by atoms with E-state index < -0.39 is 0 Å². The lowest BCUT2D eigenvalue weighted by Gasteiger charge is -1.98. The van der Waals surface area contributed by atoms with Crippen LogP contribution in [0.25, 0.3) is 0 Å². The lowest BCUT2D eigenvalue weighted by Crippen LogP contribution is -2.15. The summed E-state index contributed by atoms with van der Waals surface area (Å²) in [4.78, 5) is 4.35. The standard InChI is InChI=1S/C11H15N5O/c1-8-11(15-17-14-8)6-16-5-10(13-7-16)4-12-9-2-3-9/h5,7,9,12H,2-4,6H2,1H3. The summed E-state index contributed by atoms with van der Waals surface area (Å²) < 4.78 is 6.66. The Morgan fingerprint density at radius 3 is 3.06 bits per heavy atom. The van der Waals surface area contributed by atoms with Gasteiger partial charge in [-0.2, -0.15) is 0 Å². The highest BCUT2D eigenvalue weighted by molar-refractivity contribution is 5.07. The molecule has 6 heteroatoms. The molecule has 1 N–H and O–H groups in total. The van der Waals surface area contributed by atoms with E-state index in [0.29, 0.717) is 12.6 Å². The van der Waals surface area contributed by atoms with Crippen molar-refractivity contribution < 1.29 is 4.63 Å². The Balaban J connectivity index is 1.61. The molecule has 0 aromatic carbocycles. The van der Waals surface area contributed by atoms with Crippen LogP contribution in [0.1, 0.15) is 29.9 Å². The summed E-state index contributed by atoms with van der Waals surface area (Å²) in [5.41, 5.74) is 2.74. The third kappa shape index (κ3) is 2.52. The van der Waals surface area contributed by atoms with Gasteiger partial charge in [0.2, 0.25) is 0 Å².